The molecule has 2 aromatic carbocycles. The number of aryl methyl sites for hydroxylation is 1. The van der Waals surface area contributed by atoms with E-state index in [1.54, 1.807) is 29.7 Å². The maximum Gasteiger partial charge on any atom is 0.294 e. The van der Waals surface area contributed by atoms with Crippen molar-refractivity contribution in [2.75, 3.05) is 7.11 Å². The van der Waals surface area contributed by atoms with Crippen molar-refractivity contribution in [3.63, 3.8) is 0 Å². The standard InChI is InChI=1S/C9H11BrN4O3.C7H8O3S/c1-17-7-3-6(10)2-5(8(7)15)4-12-13-9(11)14-16;1-6-2-4-7(5-3-6)11(8,9)10/h2-4,15-16H,1H3,(H3,11,13,14);2-5H,1H3,(H,8,9,10)/b12-4+;. The predicted molar refractivity (Wildman–Crippen MR) is 107 cm³/mol. The molecule has 0 bridgehead atoms. The molecule has 152 valence electrons. The van der Waals surface area contributed by atoms with Gasteiger partial charge >= 0.3 is 0 Å². The van der Waals surface area contributed by atoms with Gasteiger partial charge in [-0.2, -0.15) is 13.5 Å². The molecule has 0 aliphatic carbocycles. The average molecular weight is 475 g/mol. The number of guanidine groups is 1. The average Bonchev–Trinajstić information content (AvgIpc) is 2.64. The Morgan fingerprint density at radius 3 is 2.39 bits per heavy atom. The third-order valence-electron chi connectivity index (χ3n) is 3.10. The molecule has 0 saturated heterocycles. The fourth-order valence-electron chi connectivity index (χ4n) is 1.75. The number of halogens is 1. The number of methoxy groups -OCH3 is 1. The number of hydroxylamine groups is 1. The molecule has 0 aliphatic rings. The summed E-state index contributed by atoms with van der Waals surface area (Å²) in [7, 11) is -2.58. The van der Waals surface area contributed by atoms with Gasteiger partial charge in [-0.1, -0.05) is 33.6 Å². The van der Waals surface area contributed by atoms with Gasteiger partial charge in [-0.15, -0.1) is 0 Å². The van der Waals surface area contributed by atoms with Crippen molar-refractivity contribution in [2.45, 2.75) is 11.8 Å². The van der Waals surface area contributed by atoms with Crippen LogP contribution in [0.3, 0.4) is 0 Å². The summed E-state index contributed by atoms with van der Waals surface area (Å²) in [6, 6.07) is 9.22. The summed E-state index contributed by atoms with van der Waals surface area (Å²) < 4.78 is 35.2. The van der Waals surface area contributed by atoms with E-state index in [0.29, 0.717) is 15.8 Å². The lowest BCUT2D eigenvalue weighted by Gasteiger charge is -2.06. The minimum atomic E-state index is -4.02. The van der Waals surface area contributed by atoms with Crippen LogP contribution in [-0.4, -0.2) is 42.6 Å². The molecule has 28 heavy (non-hydrogen) atoms. The third-order valence-corrected chi connectivity index (χ3v) is 4.43. The Labute approximate surface area is 170 Å². The summed E-state index contributed by atoms with van der Waals surface area (Å²) in [5, 5.41) is 28.7. The molecule has 0 amide bonds. The molecule has 0 aliphatic heterocycles. The number of hydrazone groups is 1. The van der Waals surface area contributed by atoms with Gasteiger partial charge in [0.05, 0.1) is 18.2 Å². The molecule has 0 fully saturated rings. The number of hydrogen-bond acceptors (Lipinski definition) is 7. The Morgan fingerprint density at radius 1 is 1.29 bits per heavy atom. The van der Waals surface area contributed by atoms with Crippen molar-refractivity contribution in [1.29, 1.82) is 5.41 Å². The van der Waals surface area contributed by atoms with Gasteiger partial charge in [0.1, 0.15) is 0 Å². The zero-order valence-corrected chi connectivity index (χ0v) is 17.2. The van der Waals surface area contributed by atoms with Gasteiger partial charge in [0.2, 0.25) is 5.96 Å². The topological polar surface area (TPSA) is 164 Å². The van der Waals surface area contributed by atoms with Crippen molar-refractivity contribution in [2.24, 2.45) is 5.10 Å². The number of phenolic OH excluding ortho intramolecular Hbond substituents is 1. The van der Waals surface area contributed by atoms with Crippen molar-refractivity contribution >= 4 is 38.2 Å². The molecular formula is C16H19BrN4O6S. The number of rotatable bonds is 4. The van der Waals surface area contributed by atoms with Crippen molar-refractivity contribution in [1.82, 2.24) is 10.9 Å². The van der Waals surface area contributed by atoms with Gasteiger partial charge in [-0.05, 0) is 31.2 Å². The Hall–Kier alpha value is -2.67. The summed E-state index contributed by atoms with van der Waals surface area (Å²) in [6.45, 7) is 1.84. The van der Waals surface area contributed by atoms with Gasteiger partial charge in [0.25, 0.3) is 10.1 Å². The summed E-state index contributed by atoms with van der Waals surface area (Å²) in [5.41, 5.74) is 5.10. The van der Waals surface area contributed by atoms with Crippen molar-refractivity contribution < 1.29 is 28.0 Å². The van der Waals surface area contributed by atoms with E-state index in [0.717, 1.165) is 5.56 Å². The normalized spacial score (nSPS) is 10.8. The Balaban J connectivity index is 0.000000307. The number of phenols is 1. The molecule has 12 heteroatoms. The highest BCUT2D eigenvalue weighted by atomic mass is 79.9. The Kier molecular flexibility index (Phi) is 8.85. The summed E-state index contributed by atoms with van der Waals surface area (Å²) in [4.78, 5) is -0.0666. The molecule has 0 aromatic heterocycles. The van der Waals surface area contributed by atoms with Crippen LogP contribution in [0, 0.1) is 12.3 Å². The highest BCUT2D eigenvalue weighted by molar-refractivity contribution is 9.10. The second-order valence-electron chi connectivity index (χ2n) is 5.19. The first kappa shape index (κ1) is 23.4. The summed E-state index contributed by atoms with van der Waals surface area (Å²) in [5.74, 6) is -0.149. The van der Waals surface area contributed by atoms with E-state index in [1.165, 1.54) is 25.5 Å². The van der Waals surface area contributed by atoms with Crippen LogP contribution in [0.4, 0.5) is 0 Å². The zero-order valence-electron chi connectivity index (χ0n) is 14.8. The quantitative estimate of drug-likeness (QED) is 0.170. The van der Waals surface area contributed by atoms with Crippen molar-refractivity contribution in [3.8, 4) is 11.5 Å². The first-order chi connectivity index (χ1) is 13.1. The SMILES string of the molecule is COc1cc(Br)cc(/C=N/NC(=N)NO)c1O.Cc1ccc(S(=O)(=O)O)cc1. The first-order valence-electron chi connectivity index (χ1n) is 7.47. The maximum absolute atomic E-state index is 10.5. The van der Waals surface area contributed by atoms with Gasteiger partial charge in [-0.3, -0.25) is 15.2 Å². The molecule has 0 radical (unpaired) electrons. The lowest BCUT2D eigenvalue weighted by molar-refractivity contribution is 0.228. The monoisotopic (exact) mass is 474 g/mol. The Morgan fingerprint density at radius 2 is 1.89 bits per heavy atom. The number of nitrogens with zero attached hydrogens (tertiary/aromatic N) is 1. The predicted octanol–water partition coefficient (Wildman–Crippen LogP) is 2.24. The second kappa shape index (κ2) is 10.6. The van der Waals surface area contributed by atoms with E-state index in [9.17, 15) is 13.5 Å². The van der Waals surface area contributed by atoms with Crippen molar-refractivity contribution in [3.05, 3.63) is 52.0 Å². The van der Waals surface area contributed by atoms with Crippen LogP contribution in [0.25, 0.3) is 0 Å². The lowest BCUT2D eigenvalue weighted by Crippen LogP contribution is -2.30. The third kappa shape index (κ3) is 7.52. The van der Waals surface area contributed by atoms with Crippen LogP contribution < -0.4 is 15.6 Å². The summed E-state index contributed by atoms with van der Waals surface area (Å²) >= 11 is 3.25. The van der Waals surface area contributed by atoms with Gasteiger partial charge < -0.3 is 9.84 Å². The molecule has 2 aromatic rings. The Bertz CT molecular complexity index is 948. The van der Waals surface area contributed by atoms with E-state index in [-0.39, 0.29) is 16.6 Å². The number of nitrogens with one attached hydrogen (secondary N) is 3. The van der Waals surface area contributed by atoms with Crippen LogP contribution in [0.15, 0.2) is 50.9 Å². The molecule has 6 N–H and O–H groups in total. The number of ether oxygens (including phenoxy) is 1. The van der Waals surface area contributed by atoms with Crippen LogP contribution in [0.5, 0.6) is 11.5 Å². The molecular weight excluding hydrogens is 456 g/mol. The lowest BCUT2D eigenvalue weighted by atomic mass is 10.2. The zero-order chi connectivity index (χ0) is 21.3. The minimum absolute atomic E-state index is 0.0651. The molecule has 0 saturated carbocycles. The molecule has 2 rings (SSSR count). The van der Waals surface area contributed by atoms with E-state index in [1.807, 2.05) is 6.92 Å². The second-order valence-corrected chi connectivity index (χ2v) is 7.53. The maximum atomic E-state index is 10.5. The molecule has 10 nitrogen and oxygen atoms in total. The molecule has 0 unspecified atom stereocenters. The molecule has 0 spiro atoms. The number of aromatic hydroxyl groups is 1. The smallest absolute Gasteiger partial charge is 0.294 e. The fourth-order valence-corrected chi connectivity index (χ4v) is 2.68. The van der Waals surface area contributed by atoms with E-state index in [2.05, 4.69) is 26.5 Å². The van der Waals surface area contributed by atoms with Gasteiger partial charge in [0.15, 0.2) is 11.5 Å². The molecule has 0 atom stereocenters. The minimum Gasteiger partial charge on any atom is -0.504 e. The molecule has 0 heterocycles. The highest BCUT2D eigenvalue weighted by Gasteiger charge is 2.08. The van der Waals surface area contributed by atoms with Crippen LogP contribution >= 0.6 is 15.9 Å². The fraction of sp³-hybridized carbons (Fsp3) is 0.125. The van der Waals surface area contributed by atoms with E-state index < -0.39 is 10.1 Å². The van der Waals surface area contributed by atoms with Crippen LogP contribution in [0.1, 0.15) is 11.1 Å². The first-order valence-corrected chi connectivity index (χ1v) is 9.70. The van der Waals surface area contributed by atoms with Crippen LogP contribution in [-0.2, 0) is 10.1 Å². The largest absolute Gasteiger partial charge is 0.504 e. The van der Waals surface area contributed by atoms with E-state index in [4.69, 9.17) is 19.9 Å². The summed E-state index contributed by atoms with van der Waals surface area (Å²) in [6.07, 6.45) is 1.29. The van der Waals surface area contributed by atoms with Gasteiger partial charge in [0, 0.05) is 10.0 Å². The number of hydrogen-bond donors (Lipinski definition) is 6. The highest BCUT2D eigenvalue weighted by Crippen LogP contribution is 2.32. The van der Waals surface area contributed by atoms with E-state index >= 15 is 0 Å². The van der Waals surface area contributed by atoms with Crippen LogP contribution in [0.2, 0.25) is 0 Å². The number of benzene rings is 2. The van der Waals surface area contributed by atoms with Gasteiger partial charge in [-0.25, -0.2) is 10.9 Å².